The fourth-order valence-electron chi connectivity index (χ4n) is 11.8. The van der Waals surface area contributed by atoms with Crippen LogP contribution in [0.4, 0.5) is 0 Å². The molecule has 96 heavy (non-hydrogen) atoms. The lowest BCUT2D eigenvalue weighted by Gasteiger charge is -2.21. The molecule has 3 unspecified atom stereocenters. The van der Waals surface area contributed by atoms with Crippen LogP contribution in [0.25, 0.3) is 0 Å². The zero-order chi connectivity index (χ0) is 70.5. The highest BCUT2D eigenvalue weighted by Crippen LogP contribution is 2.45. The molecule has 0 spiro atoms. The molecule has 3 N–H and O–H groups in total. The third kappa shape index (κ3) is 69.2. The fourth-order valence-corrected chi connectivity index (χ4v) is 13.4. The summed E-state index contributed by atoms with van der Waals surface area (Å²) >= 11 is 0. The van der Waals surface area contributed by atoms with Crippen LogP contribution in [0.3, 0.4) is 0 Å². The number of carbonyl (C=O) groups excluding carboxylic acids is 4. The summed E-state index contributed by atoms with van der Waals surface area (Å²) in [7, 11) is -9.91. The summed E-state index contributed by atoms with van der Waals surface area (Å²) in [5.74, 6) is -1.30. The maximum absolute atomic E-state index is 13.1. The van der Waals surface area contributed by atoms with E-state index in [9.17, 15) is 43.2 Å². The van der Waals surface area contributed by atoms with Gasteiger partial charge < -0.3 is 33.8 Å². The van der Waals surface area contributed by atoms with E-state index < -0.39 is 97.5 Å². The third-order valence-electron chi connectivity index (χ3n) is 18.4. The van der Waals surface area contributed by atoms with Gasteiger partial charge in [-0.25, -0.2) is 9.13 Å². The second-order valence-electron chi connectivity index (χ2n) is 28.0. The molecule has 0 bridgehead atoms. The van der Waals surface area contributed by atoms with Crippen molar-refractivity contribution in [3.05, 3.63) is 0 Å². The first-order valence-corrected chi connectivity index (χ1v) is 43.2. The molecule has 0 aliphatic heterocycles. The van der Waals surface area contributed by atoms with Gasteiger partial charge in [0.1, 0.15) is 19.3 Å². The average Bonchev–Trinajstić information content (AvgIpc) is 2.80. The number of phosphoric ester groups is 2. The lowest BCUT2D eigenvalue weighted by atomic mass is 9.99. The molecule has 0 saturated carbocycles. The summed E-state index contributed by atoms with van der Waals surface area (Å²) in [6, 6.07) is 0. The predicted octanol–water partition coefficient (Wildman–Crippen LogP) is 22.9. The smallest absolute Gasteiger partial charge is 0.462 e. The number of rotatable bonds is 77. The van der Waals surface area contributed by atoms with E-state index in [2.05, 4.69) is 34.6 Å². The minimum atomic E-state index is -4.96. The van der Waals surface area contributed by atoms with Gasteiger partial charge in [-0.1, -0.05) is 356 Å². The van der Waals surface area contributed by atoms with Gasteiger partial charge in [0, 0.05) is 25.7 Å². The molecule has 0 rings (SSSR count). The van der Waals surface area contributed by atoms with Crippen molar-refractivity contribution in [3.63, 3.8) is 0 Å². The maximum atomic E-state index is 13.1. The Labute approximate surface area is 588 Å². The lowest BCUT2D eigenvalue weighted by molar-refractivity contribution is -0.161. The van der Waals surface area contributed by atoms with E-state index >= 15 is 0 Å². The SMILES string of the molecule is CCCCCCCCCCCCCCCCCCCCCCC(=O)O[C@H](COC(=O)CCCCCCCCCCCCC(C)CC)COP(=O)(O)OC[C@@H](O)COP(=O)(O)OC[C@@H](COC(=O)CCCCCCCCCCC)OC(=O)CCCCCCCCCCCCCCC. The van der Waals surface area contributed by atoms with E-state index in [0.29, 0.717) is 25.7 Å². The normalized spacial score (nSPS) is 14.2. The van der Waals surface area contributed by atoms with Gasteiger partial charge in [-0.15, -0.1) is 0 Å². The number of esters is 4. The van der Waals surface area contributed by atoms with Gasteiger partial charge in [0.15, 0.2) is 12.2 Å². The molecule has 0 radical (unpaired) electrons. The van der Waals surface area contributed by atoms with Gasteiger partial charge in [0.2, 0.25) is 0 Å². The van der Waals surface area contributed by atoms with Crippen LogP contribution in [0, 0.1) is 5.92 Å². The zero-order valence-electron chi connectivity index (χ0n) is 62.5. The van der Waals surface area contributed by atoms with Crippen LogP contribution in [0.15, 0.2) is 0 Å². The topological polar surface area (TPSA) is 237 Å². The molecule has 17 nitrogen and oxygen atoms in total. The Morgan fingerprint density at radius 2 is 0.500 bits per heavy atom. The van der Waals surface area contributed by atoms with Crippen molar-refractivity contribution in [2.24, 2.45) is 5.92 Å². The second-order valence-corrected chi connectivity index (χ2v) is 30.9. The van der Waals surface area contributed by atoms with Crippen molar-refractivity contribution < 1.29 is 80.2 Å². The van der Waals surface area contributed by atoms with Crippen molar-refractivity contribution in [2.45, 2.75) is 425 Å². The minimum Gasteiger partial charge on any atom is -0.462 e. The summed E-state index contributed by atoms with van der Waals surface area (Å²) in [6.07, 6.45) is 59.6. The molecule has 19 heteroatoms. The number of aliphatic hydroxyl groups is 1. The second kappa shape index (κ2) is 70.1. The van der Waals surface area contributed by atoms with Crippen LogP contribution in [0.1, 0.15) is 407 Å². The number of phosphoric acid groups is 2. The Morgan fingerprint density at radius 1 is 0.292 bits per heavy atom. The van der Waals surface area contributed by atoms with Gasteiger partial charge in [0.05, 0.1) is 26.4 Å². The van der Waals surface area contributed by atoms with E-state index in [1.54, 1.807) is 0 Å². The monoisotopic (exact) mass is 1410 g/mol. The van der Waals surface area contributed by atoms with Crippen molar-refractivity contribution >= 4 is 39.5 Å². The molecule has 0 aromatic rings. The van der Waals surface area contributed by atoms with Crippen LogP contribution in [-0.2, 0) is 65.4 Å². The Bertz CT molecular complexity index is 1840. The molecule has 0 fully saturated rings. The molecule has 0 heterocycles. The first-order valence-electron chi connectivity index (χ1n) is 40.2. The van der Waals surface area contributed by atoms with Crippen LogP contribution < -0.4 is 0 Å². The minimum absolute atomic E-state index is 0.108. The van der Waals surface area contributed by atoms with Crippen LogP contribution in [-0.4, -0.2) is 96.7 Å². The van der Waals surface area contributed by atoms with E-state index in [1.807, 2.05) is 0 Å². The number of hydrogen-bond acceptors (Lipinski definition) is 15. The molecule has 0 aliphatic carbocycles. The van der Waals surface area contributed by atoms with E-state index in [4.69, 9.17) is 37.0 Å². The van der Waals surface area contributed by atoms with Gasteiger partial charge in [-0.2, -0.15) is 0 Å². The highest BCUT2D eigenvalue weighted by atomic mass is 31.2. The van der Waals surface area contributed by atoms with Crippen LogP contribution in [0.2, 0.25) is 0 Å². The maximum Gasteiger partial charge on any atom is 0.472 e. The molecule has 0 amide bonds. The quantitative estimate of drug-likeness (QED) is 0.0222. The predicted molar refractivity (Wildman–Crippen MR) is 391 cm³/mol. The van der Waals surface area contributed by atoms with Gasteiger partial charge in [-0.05, 0) is 31.6 Å². The van der Waals surface area contributed by atoms with Crippen molar-refractivity contribution in [1.82, 2.24) is 0 Å². The fraction of sp³-hybridized carbons (Fsp3) is 0.948. The Morgan fingerprint density at radius 3 is 0.740 bits per heavy atom. The Balaban J connectivity index is 5.21. The zero-order valence-corrected chi connectivity index (χ0v) is 64.3. The third-order valence-corrected chi connectivity index (χ3v) is 20.3. The van der Waals surface area contributed by atoms with Gasteiger partial charge in [-0.3, -0.25) is 37.3 Å². The number of aliphatic hydroxyl groups excluding tert-OH is 1. The van der Waals surface area contributed by atoms with Crippen molar-refractivity contribution in [1.29, 1.82) is 0 Å². The average molecular weight is 1410 g/mol. The summed E-state index contributed by atoms with van der Waals surface area (Å²) in [5, 5.41) is 10.6. The Hall–Kier alpha value is -1.94. The number of hydrogen-bond donors (Lipinski definition) is 3. The van der Waals surface area contributed by atoms with Gasteiger partial charge >= 0.3 is 39.5 Å². The number of unbranched alkanes of at least 4 members (excludes halogenated alkanes) is 48. The van der Waals surface area contributed by atoms with E-state index in [1.165, 1.54) is 231 Å². The summed E-state index contributed by atoms with van der Waals surface area (Å²) in [4.78, 5) is 72.8. The first kappa shape index (κ1) is 94.1. The standard InChI is InChI=1S/C77H150O17P2/c1-6-10-13-16-19-22-24-26-27-28-29-30-31-32-34-36-43-48-53-58-63-77(82)94-73(67-88-75(80)61-56-51-46-41-38-37-40-44-49-54-59-70(5)9-4)69-92-96(85,86)90-65-71(78)64-89-95(83,84)91-68-72(66-87-74(79)60-55-50-45-39-21-18-15-12-8-3)93-76(81)62-57-52-47-42-35-33-25-23-20-17-14-11-7-2/h70-73,78H,6-69H2,1-5H3,(H,83,84)(H,85,86)/t70?,71-,72+,73+/m0/s1. The Kier molecular flexibility index (Phi) is 68.7. The molecular formula is C77H150O17P2. The molecule has 6 atom stereocenters. The molecule has 0 aliphatic rings. The summed E-state index contributed by atoms with van der Waals surface area (Å²) < 4.78 is 68.5. The highest BCUT2D eigenvalue weighted by molar-refractivity contribution is 7.47. The van der Waals surface area contributed by atoms with Crippen LogP contribution in [0.5, 0.6) is 0 Å². The molecule has 0 aromatic carbocycles. The highest BCUT2D eigenvalue weighted by Gasteiger charge is 2.30. The van der Waals surface area contributed by atoms with Crippen LogP contribution >= 0.6 is 15.6 Å². The molecular weight excluding hydrogens is 1260 g/mol. The van der Waals surface area contributed by atoms with E-state index in [-0.39, 0.29) is 25.7 Å². The molecule has 0 saturated heterocycles. The van der Waals surface area contributed by atoms with Crippen molar-refractivity contribution in [2.75, 3.05) is 39.6 Å². The number of carbonyl (C=O) groups is 4. The van der Waals surface area contributed by atoms with Crippen molar-refractivity contribution in [3.8, 4) is 0 Å². The largest absolute Gasteiger partial charge is 0.472 e. The first-order chi connectivity index (χ1) is 46.6. The van der Waals surface area contributed by atoms with E-state index in [0.717, 1.165) is 95.8 Å². The summed E-state index contributed by atoms with van der Waals surface area (Å²) in [5.41, 5.74) is 0. The molecule has 570 valence electrons. The van der Waals surface area contributed by atoms with Gasteiger partial charge in [0.25, 0.3) is 0 Å². The lowest BCUT2D eigenvalue weighted by Crippen LogP contribution is -2.30. The number of ether oxygens (including phenoxy) is 4. The summed E-state index contributed by atoms with van der Waals surface area (Å²) in [6.45, 7) is 7.31. The molecule has 0 aromatic heterocycles.